The molecule has 0 spiro atoms. The average Bonchev–Trinajstić information content (AvgIpc) is 2.94. The van der Waals surface area contributed by atoms with E-state index in [1.807, 2.05) is 45.3 Å². The Morgan fingerprint density at radius 2 is 1.91 bits per heavy atom. The van der Waals surface area contributed by atoms with Crippen molar-refractivity contribution in [3.05, 3.63) is 40.1 Å². The Labute approximate surface area is 203 Å². The van der Waals surface area contributed by atoms with E-state index in [0.29, 0.717) is 24.7 Å². The molecule has 0 amide bonds. The second kappa shape index (κ2) is 10.00. The first-order chi connectivity index (χ1) is 15.8. The molecule has 1 aromatic heterocycles. The summed E-state index contributed by atoms with van der Waals surface area (Å²) < 4.78 is 42.0. The van der Waals surface area contributed by atoms with Crippen LogP contribution in [0.1, 0.15) is 65.3 Å². The first-order valence-electron chi connectivity index (χ1n) is 11.2. The third-order valence-corrected chi connectivity index (χ3v) is 5.51. The summed E-state index contributed by atoms with van der Waals surface area (Å²) in [5, 5.41) is 9.72. The van der Waals surface area contributed by atoms with Gasteiger partial charge in [-0.25, -0.2) is 4.98 Å². The maximum absolute atomic E-state index is 13.3. The fourth-order valence-corrected chi connectivity index (χ4v) is 3.80. The molecule has 0 aliphatic carbocycles. The number of hydrogen-bond donors (Lipinski definition) is 3. The third kappa shape index (κ3) is 6.54. The van der Waals surface area contributed by atoms with Crippen LogP contribution in [0.15, 0.2) is 28.8 Å². The van der Waals surface area contributed by atoms with E-state index >= 15 is 0 Å². The summed E-state index contributed by atoms with van der Waals surface area (Å²) in [6, 6.07) is 3.48. The summed E-state index contributed by atoms with van der Waals surface area (Å²) in [5.41, 5.74) is 0.937. The van der Waals surface area contributed by atoms with Crippen LogP contribution in [0.25, 0.3) is 6.08 Å². The first kappa shape index (κ1) is 26.1. The smallest absolute Gasteiger partial charge is 0.329 e. The fourth-order valence-electron chi connectivity index (χ4n) is 3.57. The van der Waals surface area contributed by atoms with E-state index in [1.54, 1.807) is 0 Å². The number of alkyl halides is 3. The van der Waals surface area contributed by atoms with E-state index in [2.05, 4.69) is 22.9 Å². The molecule has 0 atom stereocenters. The molecule has 2 heterocycles. The van der Waals surface area contributed by atoms with Crippen molar-refractivity contribution in [2.45, 2.75) is 65.7 Å². The largest absolute Gasteiger partial charge is 0.416 e. The summed E-state index contributed by atoms with van der Waals surface area (Å²) >= 11 is 6.00. The van der Waals surface area contributed by atoms with E-state index in [1.165, 1.54) is 6.07 Å². The number of nitrogens with one attached hydrogen (secondary N) is 3. The number of rotatable bonds is 6. The summed E-state index contributed by atoms with van der Waals surface area (Å²) in [5.74, 6) is 1.90. The number of nitrogens with zero attached hydrogens (tertiary/aromatic N) is 3. The molecule has 0 unspecified atom stereocenters. The molecule has 34 heavy (non-hydrogen) atoms. The minimum Gasteiger partial charge on any atom is -0.329 e. The molecule has 3 N–H and O–H groups in total. The van der Waals surface area contributed by atoms with Crippen LogP contribution in [0, 0.1) is 0 Å². The molecule has 10 heteroatoms. The lowest BCUT2D eigenvalue weighted by atomic mass is 10.1. The van der Waals surface area contributed by atoms with Gasteiger partial charge in [-0.2, -0.15) is 13.2 Å². The molecule has 2 aromatic rings. The van der Waals surface area contributed by atoms with Crippen LogP contribution in [-0.2, 0) is 6.18 Å². The Morgan fingerprint density at radius 3 is 2.44 bits per heavy atom. The quantitative estimate of drug-likeness (QED) is 0.301. The van der Waals surface area contributed by atoms with Crippen molar-refractivity contribution in [2.24, 2.45) is 4.99 Å². The molecular weight excluding hydrogens is 465 g/mol. The number of benzene rings is 1. The van der Waals surface area contributed by atoms with Gasteiger partial charge in [0.15, 0.2) is 0 Å². The second-order valence-electron chi connectivity index (χ2n) is 9.54. The van der Waals surface area contributed by atoms with Gasteiger partial charge < -0.3 is 16.0 Å². The van der Waals surface area contributed by atoms with Gasteiger partial charge in [-0.05, 0) is 65.3 Å². The number of imidazole rings is 1. The van der Waals surface area contributed by atoms with Crippen molar-refractivity contribution in [2.75, 3.05) is 23.7 Å². The van der Waals surface area contributed by atoms with Gasteiger partial charge in [0.05, 0.1) is 23.0 Å². The van der Waals surface area contributed by atoms with Gasteiger partial charge in [0.25, 0.3) is 0 Å². The lowest BCUT2D eigenvalue weighted by Crippen LogP contribution is -2.44. The Balaban J connectivity index is 2.12. The summed E-state index contributed by atoms with van der Waals surface area (Å²) in [6.07, 6.45) is -1.67. The number of aromatic nitrogens is 2. The summed E-state index contributed by atoms with van der Waals surface area (Å²) in [4.78, 5) is 9.47. The molecule has 1 aromatic carbocycles. The van der Waals surface area contributed by atoms with Crippen LogP contribution in [0.3, 0.4) is 0 Å². The van der Waals surface area contributed by atoms with E-state index in [-0.39, 0.29) is 22.3 Å². The number of halogens is 4. The van der Waals surface area contributed by atoms with Crippen molar-refractivity contribution >= 4 is 41.0 Å². The van der Waals surface area contributed by atoms with Crippen molar-refractivity contribution < 1.29 is 13.2 Å². The molecular formula is C24H32ClF3N6. The Kier molecular flexibility index (Phi) is 7.67. The molecule has 6 nitrogen and oxygen atoms in total. The lowest BCUT2D eigenvalue weighted by Gasteiger charge is -2.31. The fraction of sp³-hybridized carbons (Fsp3) is 0.500. The minimum absolute atomic E-state index is 0.00538. The van der Waals surface area contributed by atoms with E-state index < -0.39 is 11.7 Å². The van der Waals surface area contributed by atoms with Gasteiger partial charge in [-0.15, -0.1) is 0 Å². The third-order valence-electron chi connectivity index (χ3n) is 5.29. The molecule has 1 aliphatic rings. The van der Waals surface area contributed by atoms with E-state index in [4.69, 9.17) is 21.6 Å². The van der Waals surface area contributed by atoms with Crippen molar-refractivity contribution in [1.82, 2.24) is 14.9 Å². The topological polar surface area (TPSA) is 66.3 Å². The highest BCUT2D eigenvalue weighted by molar-refractivity contribution is 6.31. The van der Waals surface area contributed by atoms with Gasteiger partial charge in [-0.3, -0.25) is 9.56 Å². The number of anilines is 3. The number of hydrogen-bond acceptors (Lipinski definition) is 4. The molecule has 0 radical (unpaired) electrons. The number of aliphatic imine (C=N–C) groups is 1. The predicted octanol–water partition coefficient (Wildman–Crippen LogP) is 6.89. The Hall–Kier alpha value is -2.52. The van der Waals surface area contributed by atoms with Crippen LogP contribution in [0.5, 0.6) is 0 Å². The Morgan fingerprint density at radius 1 is 1.24 bits per heavy atom. The molecule has 1 saturated heterocycles. The first-order valence-corrected chi connectivity index (χ1v) is 11.6. The van der Waals surface area contributed by atoms with Crippen molar-refractivity contribution in [1.29, 1.82) is 0 Å². The highest BCUT2D eigenvalue weighted by atomic mass is 35.5. The van der Waals surface area contributed by atoms with Crippen LogP contribution in [0.4, 0.5) is 30.6 Å². The van der Waals surface area contributed by atoms with Crippen LogP contribution in [-0.4, -0.2) is 34.0 Å². The van der Waals surface area contributed by atoms with Crippen molar-refractivity contribution in [3.8, 4) is 0 Å². The van der Waals surface area contributed by atoms with Crippen LogP contribution in [0.2, 0.25) is 5.02 Å². The van der Waals surface area contributed by atoms with E-state index in [9.17, 15) is 13.2 Å². The standard InChI is InChI=1S/C24H32ClF3N6/c1-7-14(2)8-20-21(30-15(3)33-23(4,5)6)34(19-12-29-13-19)22(32-20)31-18-10-16(24(26,27)28)9-17(25)11-18/h8-11,19,29H,7,12-13H2,1-6H3,(H,30,33)(H,31,32)/b14-8-. The maximum atomic E-state index is 13.3. The molecule has 3 rings (SSSR count). The molecule has 0 saturated carbocycles. The lowest BCUT2D eigenvalue weighted by molar-refractivity contribution is -0.137. The second-order valence-corrected chi connectivity index (χ2v) is 9.98. The zero-order chi connectivity index (χ0) is 25.3. The number of allylic oxidation sites excluding steroid dienone is 1. The highest BCUT2D eigenvalue weighted by Gasteiger charge is 2.32. The van der Waals surface area contributed by atoms with Gasteiger partial charge in [0.1, 0.15) is 11.5 Å². The Bertz CT molecular complexity index is 1090. The molecule has 0 bridgehead atoms. The molecule has 1 fully saturated rings. The SMILES string of the molecule is CC/C(C)=C\c1nc(Nc2cc(Cl)cc(C(F)(F)F)c2)n(C2CNC2)c1NC(C)=NC(C)(C)C. The average molecular weight is 497 g/mol. The predicted molar refractivity (Wildman–Crippen MR) is 134 cm³/mol. The monoisotopic (exact) mass is 496 g/mol. The zero-order valence-electron chi connectivity index (χ0n) is 20.4. The summed E-state index contributed by atoms with van der Waals surface area (Å²) in [7, 11) is 0. The number of amidine groups is 1. The van der Waals surface area contributed by atoms with Gasteiger partial charge >= 0.3 is 6.18 Å². The van der Waals surface area contributed by atoms with E-state index in [0.717, 1.165) is 35.8 Å². The molecule has 1 aliphatic heterocycles. The van der Waals surface area contributed by atoms with Crippen LogP contribution < -0.4 is 16.0 Å². The van der Waals surface area contributed by atoms with Crippen molar-refractivity contribution in [3.63, 3.8) is 0 Å². The molecule has 186 valence electrons. The zero-order valence-corrected chi connectivity index (χ0v) is 21.1. The van der Waals surface area contributed by atoms with Gasteiger partial charge in [0, 0.05) is 23.8 Å². The van der Waals surface area contributed by atoms with Gasteiger partial charge in [-0.1, -0.05) is 24.1 Å². The van der Waals surface area contributed by atoms with Gasteiger partial charge in [0.2, 0.25) is 5.95 Å². The minimum atomic E-state index is -4.51. The highest BCUT2D eigenvalue weighted by Crippen LogP contribution is 2.36. The van der Waals surface area contributed by atoms with Crippen LogP contribution >= 0.6 is 11.6 Å². The summed E-state index contributed by atoms with van der Waals surface area (Å²) in [6.45, 7) is 13.4. The normalized spacial score (nSPS) is 15.9. The maximum Gasteiger partial charge on any atom is 0.416 e.